The third kappa shape index (κ3) is 8.68. The zero-order valence-electron chi connectivity index (χ0n) is 33.4. The Labute approximate surface area is 342 Å². The predicted molar refractivity (Wildman–Crippen MR) is 202 cm³/mol. The van der Waals surface area contributed by atoms with Crippen LogP contribution in [0.15, 0.2) is 36.5 Å². The molecule has 1 aromatic heterocycles. The van der Waals surface area contributed by atoms with Crippen molar-refractivity contribution in [1.29, 1.82) is 0 Å². The van der Waals surface area contributed by atoms with Gasteiger partial charge in [-0.1, -0.05) is 26.0 Å². The number of hydrogen-bond acceptors (Lipinski definition) is 10. The van der Waals surface area contributed by atoms with Crippen molar-refractivity contribution >= 4 is 44.6 Å². The van der Waals surface area contributed by atoms with Crippen LogP contribution >= 0.6 is 0 Å². The van der Waals surface area contributed by atoms with Gasteiger partial charge in [0.1, 0.15) is 23.7 Å². The molecule has 2 saturated carbocycles. The molecular formula is C39H47F6N5O9S. The highest BCUT2D eigenvalue weighted by atomic mass is 32.2. The molecular weight excluding hydrogens is 829 g/mol. The van der Waals surface area contributed by atoms with Crippen LogP contribution in [0.5, 0.6) is 11.6 Å². The van der Waals surface area contributed by atoms with Crippen molar-refractivity contribution in [3.05, 3.63) is 42.4 Å². The third-order valence-corrected chi connectivity index (χ3v) is 14.0. The first-order valence-corrected chi connectivity index (χ1v) is 20.9. The molecule has 0 unspecified atom stereocenters. The molecule has 330 valence electrons. The maximum Gasteiger partial charge on any atom is 0.427 e. The number of ether oxygens (including phenoxy) is 3. The topological polar surface area (TPSA) is 182 Å². The number of methoxy groups -OCH3 is 1. The summed E-state index contributed by atoms with van der Waals surface area (Å²) >= 11 is 0. The van der Waals surface area contributed by atoms with Gasteiger partial charge in [0, 0.05) is 23.9 Å². The van der Waals surface area contributed by atoms with Gasteiger partial charge in [0.2, 0.25) is 33.3 Å². The number of aromatic nitrogens is 1. The average molecular weight is 876 g/mol. The number of sulfonamides is 1. The summed E-state index contributed by atoms with van der Waals surface area (Å²) < 4.78 is 125. The van der Waals surface area contributed by atoms with Crippen molar-refractivity contribution < 1.29 is 68.1 Å². The van der Waals surface area contributed by atoms with E-state index in [0.29, 0.717) is 32.1 Å². The lowest BCUT2D eigenvalue weighted by Gasteiger charge is -2.34. The fourth-order valence-electron chi connectivity index (χ4n) is 7.86. The zero-order valence-corrected chi connectivity index (χ0v) is 34.2. The number of carbonyl (C=O) groups excluding carboxylic acids is 4. The second-order valence-electron chi connectivity index (χ2n) is 16.7. The summed E-state index contributed by atoms with van der Waals surface area (Å²) in [5.74, 6) is -5.71. The number of halogens is 6. The van der Waals surface area contributed by atoms with Gasteiger partial charge in [-0.3, -0.25) is 19.1 Å². The van der Waals surface area contributed by atoms with E-state index in [0.717, 1.165) is 11.0 Å². The second kappa shape index (κ2) is 16.2. The summed E-state index contributed by atoms with van der Waals surface area (Å²) in [5.41, 5.74) is -4.89. The van der Waals surface area contributed by atoms with E-state index >= 15 is 0 Å². The number of nitrogens with one attached hydrogen (secondary N) is 3. The smallest absolute Gasteiger partial charge is 0.427 e. The fraction of sp³-hybridized carbons (Fsp3) is 0.615. The average Bonchev–Trinajstić information content (AvgIpc) is 4.06. The van der Waals surface area contributed by atoms with E-state index in [1.807, 2.05) is 6.92 Å². The van der Waals surface area contributed by atoms with Gasteiger partial charge < -0.3 is 29.7 Å². The number of pyridine rings is 1. The van der Waals surface area contributed by atoms with Crippen LogP contribution in [0.1, 0.15) is 72.6 Å². The first kappa shape index (κ1) is 44.7. The molecule has 0 radical (unpaired) electrons. The van der Waals surface area contributed by atoms with Crippen molar-refractivity contribution in [3.8, 4) is 11.6 Å². The maximum absolute atomic E-state index is 14.9. The van der Waals surface area contributed by atoms with Crippen molar-refractivity contribution in [2.75, 3.05) is 13.7 Å². The fourth-order valence-corrected chi connectivity index (χ4v) is 9.36. The Hall–Kier alpha value is -4.82. The number of carbonyl (C=O) groups is 4. The molecule has 3 N–H and O–H groups in total. The number of allylic oxidation sites excluding steroid dienone is 1. The molecule has 3 fully saturated rings. The van der Waals surface area contributed by atoms with Gasteiger partial charge in [0.15, 0.2) is 16.3 Å². The molecule has 6 rings (SSSR count). The number of fused-ring (bicyclic) bond motifs is 3. The number of hydrogen-bond donors (Lipinski definition) is 3. The van der Waals surface area contributed by atoms with E-state index in [2.05, 4.69) is 15.6 Å². The van der Waals surface area contributed by atoms with Crippen molar-refractivity contribution in [2.24, 2.45) is 17.8 Å². The molecule has 1 aromatic carbocycles. The minimum atomic E-state index is -4.98. The summed E-state index contributed by atoms with van der Waals surface area (Å²) in [5, 5.41) is 5.55. The lowest BCUT2D eigenvalue weighted by molar-refractivity contribution is -0.244. The van der Waals surface area contributed by atoms with Crippen LogP contribution in [-0.4, -0.2) is 102 Å². The predicted octanol–water partition coefficient (Wildman–Crippen LogP) is 5.30. The van der Waals surface area contributed by atoms with Gasteiger partial charge in [-0.25, -0.2) is 31.4 Å². The summed E-state index contributed by atoms with van der Waals surface area (Å²) in [7, 11) is -3.63. The van der Waals surface area contributed by atoms with Crippen LogP contribution in [0.3, 0.4) is 0 Å². The Balaban J connectivity index is 1.36. The monoisotopic (exact) mass is 875 g/mol. The first-order valence-electron chi connectivity index (χ1n) is 19.4. The van der Waals surface area contributed by atoms with Crippen LogP contribution in [-0.2, 0) is 29.1 Å². The van der Waals surface area contributed by atoms with Crippen molar-refractivity contribution in [1.82, 2.24) is 25.2 Å². The number of rotatable bonds is 9. The molecule has 21 heteroatoms. The second-order valence-corrected chi connectivity index (χ2v) is 18.7. The van der Waals surface area contributed by atoms with Crippen molar-refractivity contribution in [3.63, 3.8) is 0 Å². The lowest BCUT2D eigenvalue weighted by Crippen LogP contribution is -2.60. The number of benzene rings is 1. The number of nitrogens with zero attached hydrogens (tertiary/aromatic N) is 2. The highest BCUT2D eigenvalue weighted by molar-refractivity contribution is 7.91. The summed E-state index contributed by atoms with van der Waals surface area (Å²) in [4.78, 5) is 61.4. The molecule has 2 aliphatic heterocycles. The highest BCUT2D eigenvalue weighted by Crippen LogP contribution is 2.50. The minimum absolute atomic E-state index is 0.0617. The highest BCUT2D eigenvalue weighted by Gasteiger charge is 2.66. The Morgan fingerprint density at radius 3 is 2.43 bits per heavy atom. The minimum Gasteiger partial charge on any atom is -0.494 e. The van der Waals surface area contributed by atoms with Gasteiger partial charge in [-0.2, -0.15) is 13.2 Å². The van der Waals surface area contributed by atoms with Crippen LogP contribution in [0.2, 0.25) is 0 Å². The molecule has 2 aliphatic carbocycles. The van der Waals surface area contributed by atoms with E-state index in [1.54, 1.807) is 29.9 Å². The molecule has 7 atom stereocenters. The maximum atomic E-state index is 14.9. The molecule has 4 amide bonds. The summed E-state index contributed by atoms with van der Waals surface area (Å²) in [6.07, 6.45) is -6.17. The molecule has 0 bridgehead atoms. The zero-order chi connectivity index (χ0) is 44.2. The first-order chi connectivity index (χ1) is 27.9. The molecule has 3 heterocycles. The van der Waals surface area contributed by atoms with Crippen molar-refractivity contribution in [2.45, 2.75) is 119 Å². The Bertz CT molecular complexity index is 2170. The number of alkyl carbamates (subject to hydrolysis) is 1. The standard InChI is InChI=1S/C39H47F6N5O9S/c1-20-8-6-7-9-23-18-38(23,34(53)49-60(55,56)37(11-12-37)33(41)42)48-30(51)27-16-24(58-31-25-17-26(40)28(57-5)15-22(25)10-13-46-31)19-50(27)32(52)29(21(2)14-20)47-35(54)59-36(3,4)39(43,44)45/h7,9-10,13,15,17,20-21,23-24,27,29,33H,6,8,11-12,14,16,18-19H2,1-5H3,(H,47,54)(H,48,51)(H,49,53)/b9-7-/t20-,21-,23-,24-,27+,29+,38-/m1/s1. The van der Waals surface area contributed by atoms with Crippen LogP contribution in [0.25, 0.3) is 10.8 Å². The van der Waals surface area contributed by atoms with Gasteiger partial charge in [0.25, 0.3) is 12.3 Å². The quantitative estimate of drug-likeness (QED) is 0.221. The van der Waals surface area contributed by atoms with Crippen LogP contribution in [0, 0.1) is 23.6 Å². The number of alkyl halides is 5. The van der Waals surface area contributed by atoms with Crippen LogP contribution in [0.4, 0.5) is 31.1 Å². The number of amides is 4. The Morgan fingerprint density at radius 2 is 1.80 bits per heavy atom. The van der Waals surface area contributed by atoms with Gasteiger partial charge >= 0.3 is 12.3 Å². The van der Waals surface area contributed by atoms with E-state index in [-0.39, 0.29) is 61.6 Å². The Morgan fingerprint density at radius 1 is 1.10 bits per heavy atom. The molecule has 60 heavy (non-hydrogen) atoms. The van der Waals surface area contributed by atoms with E-state index in [1.165, 1.54) is 19.4 Å². The third-order valence-electron chi connectivity index (χ3n) is 11.9. The van der Waals surface area contributed by atoms with Gasteiger partial charge in [-0.15, -0.1) is 0 Å². The molecule has 2 aromatic rings. The normalized spacial score (nSPS) is 29.0. The van der Waals surface area contributed by atoms with E-state index < -0.39 is 98.2 Å². The van der Waals surface area contributed by atoms with Crippen LogP contribution < -0.4 is 24.8 Å². The Kier molecular flexibility index (Phi) is 12.1. The molecule has 0 spiro atoms. The van der Waals surface area contributed by atoms with Gasteiger partial charge in [0.05, 0.1) is 13.7 Å². The summed E-state index contributed by atoms with van der Waals surface area (Å²) in [6, 6.07) is 1.02. The molecule has 1 saturated heterocycles. The lowest BCUT2D eigenvalue weighted by atomic mass is 9.88. The van der Waals surface area contributed by atoms with E-state index in [9.17, 15) is 53.9 Å². The SMILES string of the molecule is COc1cc2ccnc(O[C@@H]3C[C@H]4C(=O)N[C@]5(C(=O)NS(=O)(=O)C6(C(F)F)CC6)C[C@H]5/C=C\CC[C@@H](C)C[C@@H](C)[C@H](NC(=O)OC(C)(C)C(F)(F)F)C(=O)N4C3)c2cc1F. The largest absolute Gasteiger partial charge is 0.494 e. The molecule has 4 aliphatic rings. The summed E-state index contributed by atoms with van der Waals surface area (Å²) in [6.45, 7) is 4.34. The van der Waals surface area contributed by atoms with Gasteiger partial charge in [-0.05, 0) is 87.8 Å². The molecule has 14 nitrogen and oxygen atoms in total. The van der Waals surface area contributed by atoms with E-state index in [4.69, 9.17) is 14.2 Å².